The minimum absolute atomic E-state index is 0.0243. The molecule has 0 saturated carbocycles. The van der Waals surface area contributed by atoms with E-state index in [9.17, 15) is 16.8 Å². The lowest BCUT2D eigenvalue weighted by Gasteiger charge is -2.05. The van der Waals surface area contributed by atoms with Gasteiger partial charge in [-0.15, -0.1) is 0 Å². The number of rotatable bonds is 5. The minimum Gasteiger partial charge on any atom is -0.508 e. The summed E-state index contributed by atoms with van der Waals surface area (Å²) in [6, 6.07) is 4.95. The molecule has 0 unspecified atom stereocenters. The summed E-state index contributed by atoms with van der Waals surface area (Å²) in [6.07, 6.45) is 1.03. The monoisotopic (exact) mass is 279 g/mol. The number of nitrogens with one attached hydrogen (secondary N) is 1. The fourth-order valence-electron chi connectivity index (χ4n) is 1.07. The highest BCUT2D eigenvalue weighted by atomic mass is 32.2. The van der Waals surface area contributed by atoms with Crippen LogP contribution in [0.4, 0.5) is 0 Å². The van der Waals surface area contributed by atoms with Crippen LogP contribution in [0.1, 0.15) is 0 Å². The fourth-order valence-corrected chi connectivity index (χ4v) is 2.70. The Morgan fingerprint density at radius 2 is 1.65 bits per heavy atom. The average Bonchev–Trinajstić information content (AvgIpc) is 2.15. The topological polar surface area (TPSA) is 101 Å². The van der Waals surface area contributed by atoms with Crippen molar-refractivity contribution in [2.45, 2.75) is 4.90 Å². The van der Waals surface area contributed by atoms with E-state index in [-0.39, 0.29) is 22.9 Å². The molecular formula is C9H13NO5S2. The van der Waals surface area contributed by atoms with Crippen molar-refractivity contribution in [1.82, 2.24) is 4.72 Å². The summed E-state index contributed by atoms with van der Waals surface area (Å²) in [5.41, 5.74) is 0. The number of sulfonamides is 1. The number of phenolic OH excluding ortho intramolecular Hbond substituents is 1. The molecule has 0 bridgehead atoms. The van der Waals surface area contributed by atoms with Gasteiger partial charge in [-0.05, 0) is 24.3 Å². The lowest BCUT2D eigenvalue weighted by molar-refractivity contribution is 0.474. The maximum atomic E-state index is 11.6. The Morgan fingerprint density at radius 1 is 1.12 bits per heavy atom. The van der Waals surface area contributed by atoms with Gasteiger partial charge in [-0.2, -0.15) is 0 Å². The molecule has 0 saturated heterocycles. The van der Waals surface area contributed by atoms with Gasteiger partial charge in [0.05, 0.1) is 10.6 Å². The van der Waals surface area contributed by atoms with E-state index in [2.05, 4.69) is 4.72 Å². The van der Waals surface area contributed by atoms with Gasteiger partial charge in [-0.3, -0.25) is 0 Å². The van der Waals surface area contributed by atoms with Gasteiger partial charge in [-0.25, -0.2) is 21.6 Å². The summed E-state index contributed by atoms with van der Waals surface area (Å²) in [6.45, 7) is -0.179. The van der Waals surface area contributed by atoms with E-state index >= 15 is 0 Å². The van der Waals surface area contributed by atoms with Crippen molar-refractivity contribution in [2.75, 3.05) is 18.6 Å². The molecule has 0 fully saturated rings. The van der Waals surface area contributed by atoms with Gasteiger partial charge < -0.3 is 5.11 Å². The predicted molar refractivity (Wildman–Crippen MR) is 63.0 cm³/mol. The highest BCUT2D eigenvalue weighted by molar-refractivity contribution is 7.91. The number of hydrogen-bond acceptors (Lipinski definition) is 5. The van der Waals surface area contributed by atoms with E-state index < -0.39 is 19.9 Å². The molecule has 0 heterocycles. The van der Waals surface area contributed by atoms with Crippen molar-refractivity contribution in [3.63, 3.8) is 0 Å². The molecule has 96 valence electrons. The predicted octanol–water partition coefficient (Wildman–Crippen LogP) is -0.285. The van der Waals surface area contributed by atoms with Crippen molar-refractivity contribution < 1.29 is 21.9 Å². The second-order valence-electron chi connectivity index (χ2n) is 3.52. The molecule has 17 heavy (non-hydrogen) atoms. The Balaban J connectivity index is 2.73. The van der Waals surface area contributed by atoms with Gasteiger partial charge in [-0.1, -0.05) is 0 Å². The molecule has 0 amide bonds. The molecule has 0 radical (unpaired) electrons. The first kappa shape index (κ1) is 13.9. The van der Waals surface area contributed by atoms with Crippen LogP contribution in [0.5, 0.6) is 5.75 Å². The van der Waals surface area contributed by atoms with E-state index in [0.717, 1.165) is 6.26 Å². The zero-order valence-corrected chi connectivity index (χ0v) is 10.8. The van der Waals surface area contributed by atoms with E-state index in [4.69, 9.17) is 5.11 Å². The van der Waals surface area contributed by atoms with Crippen LogP contribution in [-0.4, -0.2) is 40.5 Å². The van der Waals surface area contributed by atoms with Crippen molar-refractivity contribution in [2.24, 2.45) is 0 Å². The van der Waals surface area contributed by atoms with Crippen molar-refractivity contribution in [3.8, 4) is 5.75 Å². The Labute approximate surface area is 100 Å². The van der Waals surface area contributed by atoms with Gasteiger partial charge in [0.25, 0.3) is 0 Å². The Bertz CT molecular complexity index is 574. The molecule has 6 nitrogen and oxygen atoms in total. The molecule has 0 aromatic heterocycles. The molecular weight excluding hydrogens is 266 g/mol. The summed E-state index contributed by atoms with van der Waals surface area (Å²) < 4.78 is 47.1. The van der Waals surface area contributed by atoms with Gasteiger partial charge >= 0.3 is 0 Å². The van der Waals surface area contributed by atoms with Crippen molar-refractivity contribution >= 4 is 19.9 Å². The largest absolute Gasteiger partial charge is 0.508 e. The highest BCUT2D eigenvalue weighted by Gasteiger charge is 2.14. The molecule has 0 aliphatic heterocycles. The van der Waals surface area contributed by atoms with Crippen LogP contribution >= 0.6 is 0 Å². The second kappa shape index (κ2) is 5.03. The SMILES string of the molecule is CS(=O)(=O)CCNS(=O)(=O)c1ccc(O)cc1. The van der Waals surface area contributed by atoms with Gasteiger partial charge in [0, 0.05) is 12.8 Å². The molecule has 1 rings (SSSR count). The summed E-state index contributed by atoms with van der Waals surface area (Å²) in [4.78, 5) is -0.0243. The maximum absolute atomic E-state index is 11.6. The van der Waals surface area contributed by atoms with Crippen LogP contribution in [0.25, 0.3) is 0 Å². The number of phenols is 1. The van der Waals surface area contributed by atoms with Crippen LogP contribution in [0, 0.1) is 0 Å². The van der Waals surface area contributed by atoms with Crippen molar-refractivity contribution in [1.29, 1.82) is 0 Å². The summed E-state index contributed by atoms with van der Waals surface area (Å²) in [5, 5.41) is 9.01. The molecule has 1 aromatic rings. The van der Waals surface area contributed by atoms with Crippen LogP contribution in [0.3, 0.4) is 0 Å². The molecule has 0 aliphatic rings. The van der Waals surface area contributed by atoms with E-state index in [0.29, 0.717) is 0 Å². The number of hydrogen-bond donors (Lipinski definition) is 2. The summed E-state index contributed by atoms with van der Waals surface area (Å²) >= 11 is 0. The standard InChI is InChI=1S/C9H13NO5S2/c1-16(12,13)7-6-10-17(14,15)9-4-2-8(11)3-5-9/h2-5,10-11H,6-7H2,1H3. The quantitative estimate of drug-likeness (QED) is 0.771. The first-order chi connectivity index (χ1) is 7.71. The average molecular weight is 279 g/mol. The van der Waals surface area contributed by atoms with Crippen molar-refractivity contribution in [3.05, 3.63) is 24.3 Å². The van der Waals surface area contributed by atoms with E-state index in [1.807, 2.05) is 0 Å². The smallest absolute Gasteiger partial charge is 0.240 e. The van der Waals surface area contributed by atoms with Crippen LogP contribution in [-0.2, 0) is 19.9 Å². The zero-order chi connectivity index (χ0) is 13.1. The molecule has 0 aliphatic carbocycles. The third kappa shape index (κ3) is 4.72. The fraction of sp³-hybridized carbons (Fsp3) is 0.333. The van der Waals surface area contributed by atoms with Crippen LogP contribution in [0.2, 0.25) is 0 Å². The third-order valence-electron chi connectivity index (χ3n) is 1.91. The van der Waals surface area contributed by atoms with Gasteiger partial charge in [0.2, 0.25) is 10.0 Å². The number of aromatic hydroxyl groups is 1. The maximum Gasteiger partial charge on any atom is 0.240 e. The first-order valence-corrected chi connectivity index (χ1v) is 8.21. The molecule has 1 aromatic carbocycles. The molecule has 0 spiro atoms. The lowest BCUT2D eigenvalue weighted by Crippen LogP contribution is -2.28. The highest BCUT2D eigenvalue weighted by Crippen LogP contribution is 2.13. The van der Waals surface area contributed by atoms with E-state index in [1.165, 1.54) is 24.3 Å². The molecule has 8 heteroatoms. The van der Waals surface area contributed by atoms with Crippen LogP contribution < -0.4 is 4.72 Å². The van der Waals surface area contributed by atoms with Gasteiger partial charge in [0.15, 0.2) is 0 Å². The second-order valence-corrected chi connectivity index (χ2v) is 7.55. The Kier molecular flexibility index (Phi) is 4.12. The number of sulfone groups is 1. The van der Waals surface area contributed by atoms with E-state index in [1.54, 1.807) is 0 Å². The summed E-state index contributed by atoms with van der Waals surface area (Å²) in [5.74, 6) is -0.301. The minimum atomic E-state index is -3.73. The summed E-state index contributed by atoms with van der Waals surface area (Å²) in [7, 11) is -6.93. The Hall–Kier alpha value is -1.12. The van der Waals surface area contributed by atoms with Gasteiger partial charge in [0.1, 0.15) is 15.6 Å². The number of benzene rings is 1. The molecule has 2 N–H and O–H groups in total. The zero-order valence-electron chi connectivity index (χ0n) is 9.12. The lowest BCUT2D eigenvalue weighted by atomic mass is 10.3. The van der Waals surface area contributed by atoms with Crippen LogP contribution in [0.15, 0.2) is 29.2 Å². The normalized spacial score (nSPS) is 12.5. The first-order valence-electron chi connectivity index (χ1n) is 4.67. The molecule has 0 atom stereocenters. The third-order valence-corrected chi connectivity index (χ3v) is 4.33. The Morgan fingerprint density at radius 3 is 2.12 bits per heavy atom.